The van der Waals surface area contributed by atoms with E-state index in [9.17, 15) is 13.2 Å². The molecule has 0 saturated carbocycles. The van der Waals surface area contributed by atoms with Gasteiger partial charge in [0, 0.05) is 18.0 Å². The molecule has 2 rings (SSSR count). The van der Waals surface area contributed by atoms with Crippen molar-refractivity contribution in [2.24, 2.45) is 7.05 Å². The van der Waals surface area contributed by atoms with Crippen LogP contribution in [0.4, 0.5) is 13.2 Å². The van der Waals surface area contributed by atoms with Crippen molar-refractivity contribution in [2.45, 2.75) is 20.0 Å². The topological polar surface area (TPSA) is 4.93 Å². The molecule has 1 aromatic carbocycles. The van der Waals surface area contributed by atoms with Gasteiger partial charge in [0.25, 0.3) is 0 Å². The van der Waals surface area contributed by atoms with Gasteiger partial charge in [-0.05, 0) is 37.1 Å². The van der Waals surface area contributed by atoms with E-state index in [1.165, 1.54) is 17.7 Å². The molecule has 0 bridgehead atoms. The van der Waals surface area contributed by atoms with Crippen LogP contribution in [0.15, 0.2) is 18.2 Å². The largest absolute Gasteiger partial charge is 0.431 e. The Labute approximate surface area is 91.5 Å². The molecule has 0 aliphatic carbocycles. The van der Waals surface area contributed by atoms with Crippen LogP contribution in [-0.2, 0) is 13.2 Å². The number of hydrogen-bond donors (Lipinski definition) is 0. The first-order valence-electron chi connectivity index (χ1n) is 4.94. The van der Waals surface area contributed by atoms with Crippen molar-refractivity contribution < 1.29 is 13.2 Å². The molecule has 0 atom stereocenters. The monoisotopic (exact) mass is 227 g/mol. The van der Waals surface area contributed by atoms with E-state index in [-0.39, 0.29) is 0 Å². The zero-order chi connectivity index (χ0) is 12.1. The van der Waals surface area contributed by atoms with Gasteiger partial charge in [-0.25, -0.2) is 0 Å². The maximum atomic E-state index is 12.7. The Kier molecular flexibility index (Phi) is 2.26. The maximum Gasteiger partial charge on any atom is 0.431 e. The minimum Gasteiger partial charge on any atom is -0.340 e. The van der Waals surface area contributed by atoms with Crippen molar-refractivity contribution in [3.63, 3.8) is 0 Å². The summed E-state index contributed by atoms with van der Waals surface area (Å²) in [7, 11) is 1.45. The van der Waals surface area contributed by atoms with Gasteiger partial charge in [-0.1, -0.05) is 6.07 Å². The minimum absolute atomic E-state index is 0.601. The molecule has 86 valence electrons. The van der Waals surface area contributed by atoms with Crippen molar-refractivity contribution in [2.75, 3.05) is 0 Å². The molecule has 0 saturated heterocycles. The van der Waals surface area contributed by atoms with E-state index in [0.717, 1.165) is 11.1 Å². The molecule has 0 aliphatic heterocycles. The Hall–Kier alpha value is -1.45. The maximum absolute atomic E-state index is 12.7. The first-order valence-corrected chi connectivity index (χ1v) is 4.94. The molecule has 0 N–H and O–H groups in total. The number of hydrogen-bond acceptors (Lipinski definition) is 0. The van der Waals surface area contributed by atoms with Gasteiger partial charge >= 0.3 is 6.18 Å². The number of benzene rings is 1. The second kappa shape index (κ2) is 3.27. The van der Waals surface area contributed by atoms with Gasteiger partial charge in [-0.15, -0.1) is 0 Å². The minimum atomic E-state index is -4.30. The fraction of sp³-hybridized carbons (Fsp3) is 0.333. The summed E-state index contributed by atoms with van der Waals surface area (Å²) in [5.41, 5.74) is 1.88. The summed E-state index contributed by atoms with van der Waals surface area (Å²) in [6.07, 6.45) is -4.30. The summed E-state index contributed by atoms with van der Waals surface area (Å²) in [5, 5.41) is 0.667. The molecule has 4 heteroatoms. The van der Waals surface area contributed by atoms with Gasteiger partial charge in [0.2, 0.25) is 0 Å². The number of alkyl halides is 3. The lowest BCUT2D eigenvalue weighted by Gasteiger charge is -2.07. The molecule has 2 aromatic rings. The molecule has 0 spiro atoms. The third-order valence-electron chi connectivity index (χ3n) is 2.80. The average molecular weight is 227 g/mol. The van der Waals surface area contributed by atoms with E-state index in [1.54, 1.807) is 6.07 Å². The van der Waals surface area contributed by atoms with Crippen LogP contribution >= 0.6 is 0 Å². The first-order chi connectivity index (χ1) is 7.30. The van der Waals surface area contributed by atoms with Gasteiger partial charge in [0.1, 0.15) is 5.69 Å². The third-order valence-corrected chi connectivity index (χ3v) is 2.80. The standard InChI is InChI=1S/C12H12F3N/c1-7-4-8(2)9-6-11(12(13,14)15)16(3)10(9)5-7/h4-6H,1-3H3. The average Bonchev–Trinajstić information content (AvgIpc) is 2.43. The Morgan fingerprint density at radius 3 is 2.25 bits per heavy atom. The van der Waals surface area contributed by atoms with Gasteiger partial charge in [0.15, 0.2) is 0 Å². The van der Waals surface area contributed by atoms with Crippen LogP contribution in [0.1, 0.15) is 16.8 Å². The highest BCUT2D eigenvalue weighted by Crippen LogP contribution is 2.34. The lowest BCUT2D eigenvalue weighted by molar-refractivity contribution is -0.142. The van der Waals surface area contributed by atoms with Crippen LogP contribution in [0.3, 0.4) is 0 Å². The Morgan fingerprint density at radius 2 is 1.69 bits per heavy atom. The first kappa shape index (κ1) is 11.0. The summed E-state index contributed by atoms with van der Waals surface area (Å²) < 4.78 is 39.3. The van der Waals surface area contributed by atoms with Crippen LogP contribution < -0.4 is 0 Å². The highest BCUT2D eigenvalue weighted by molar-refractivity contribution is 5.85. The van der Waals surface area contributed by atoms with E-state index in [0.29, 0.717) is 10.9 Å². The smallest absolute Gasteiger partial charge is 0.340 e. The molecule has 1 nitrogen and oxygen atoms in total. The molecule has 1 heterocycles. The quantitative estimate of drug-likeness (QED) is 0.644. The molecule has 1 aromatic heterocycles. The number of aromatic nitrogens is 1. The fourth-order valence-electron chi connectivity index (χ4n) is 2.06. The molecule has 0 amide bonds. The van der Waals surface area contributed by atoms with Crippen molar-refractivity contribution in [3.05, 3.63) is 35.0 Å². The van der Waals surface area contributed by atoms with Crippen molar-refractivity contribution in [1.29, 1.82) is 0 Å². The van der Waals surface area contributed by atoms with Gasteiger partial charge < -0.3 is 4.57 Å². The summed E-state index contributed by atoms with van der Waals surface area (Å²) in [5.74, 6) is 0. The van der Waals surface area contributed by atoms with E-state index < -0.39 is 11.9 Å². The number of nitrogens with zero attached hydrogens (tertiary/aromatic N) is 1. The van der Waals surface area contributed by atoms with Crippen molar-refractivity contribution >= 4 is 10.9 Å². The summed E-state index contributed by atoms with van der Waals surface area (Å²) in [6, 6.07) is 4.88. The highest BCUT2D eigenvalue weighted by atomic mass is 19.4. The van der Waals surface area contributed by atoms with Crippen LogP contribution in [-0.4, -0.2) is 4.57 Å². The zero-order valence-corrected chi connectivity index (χ0v) is 9.31. The Balaban J connectivity index is 2.83. The zero-order valence-electron chi connectivity index (χ0n) is 9.31. The fourth-order valence-corrected chi connectivity index (χ4v) is 2.06. The van der Waals surface area contributed by atoms with Crippen molar-refractivity contribution in [1.82, 2.24) is 4.57 Å². The van der Waals surface area contributed by atoms with Gasteiger partial charge in [-0.3, -0.25) is 0 Å². The number of halogens is 3. The number of aryl methyl sites for hydroxylation is 3. The second-order valence-corrected chi connectivity index (χ2v) is 4.10. The van der Waals surface area contributed by atoms with E-state index in [1.807, 2.05) is 19.9 Å². The number of fused-ring (bicyclic) bond motifs is 1. The number of rotatable bonds is 0. The Bertz CT molecular complexity index is 549. The second-order valence-electron chi connectivity index (χ2n) is 4.10. The molecule has 0 fully saturated rings. The van der Waals surface area contributed by atoms with Gasteiger partial charge in [0.05, 0.1) is 0 Å². The molecule has 0 unspecified atom stereocenters. The van der Waals surface area contributed by atoms with Crippen LogP contribution in [0.25, 0.3) is 10.9 Å². The van der Waals surface area contributed by atoms with Crippen LogP contribution in [0.5, 0.6) is 0 Å². The van der Waals surface area contributed by atoms with E-state index >= 15 is 0 Å². The summed E-state index contributed by atoms with van der Waals surface area (Å²) in [6.45, 7) is 3.71. The highest BCUT2D eigenvalue weighted by Gasteiger charge is 2.34. The SMILES string of the molecule is Cc1cc(C)c2cc(C(F)(F)F)n(C)c2c1. The van der Waals surface area contributed by atoms with E-state index in [4.69, 9.17) is 0 Å². The summed E-state index contributed by atoms with van der Waals surface area (Å²) in [4.78, 5) is 0. The molecule has 16 heavy (non-hydrogen) atoms. The molecule has 0 radical (unpaired) electrons. The third kappa shape index (κ3) is 1.58. The predicted octanol–water partition coefficient (Wildman–Crippen LogP) is 3.81. The Morgan fingerprint density at radius 1 is 1.06 bits per heavy atom. The van der Waals surface area contributed by atoms with Crippen LogP contribution in [0, 0.1) is 13.8 Å². The molecule has 0 aliphatic rings. The lowest BCUT2D eigenvalue weighted by atomic mass is 10.1. The van der Waals surface area contributed by atoms with Gasteiger partial charge in [-0.2, -0.15) is 13.2 Å². The predicted molar refractivity (Wildman–Crippen MR) is 57.4 cm³/mol. The lowest BCUT2D eigenvalue weighted by Crippen LogP contribution is -2.10. The molecular weight excluding hydrogens is 215 g/mol. The van der Waals surface area contributed by atoms with Crippen molar-refractivity contribution in [3.8, 4) is 0 Å². The van der Waals surface area contributed by atoms with E-state index in [2.05, 4.69) is 0 Å². The summed E-state index contributed by atoms with van der Waals surface area (Å²) >= 11 is 0. The normalized spacial score (nSPS) is 12.4. The molecular formula is C12H12F3N. The van der Waals surface area contributed by atoms with Crippen LogP contribution in [0.2, 0.25) is 0 Å².